The molecule has 0 unspecified atom stereocenters. The third kappa shape index (κ3) is 2.30. The summed E-state index contributed by atoms with van der Waals surface area (Å²) in [6.07, 6.45) is 1.80. The molecule has 3 nitrogen and oxygen atoms in total. The number of amides is 2. The molecule has 0 spiro atoms. The molecule has 1 aromatic carbocycles. The summed E-state index contributed by atoms with van der Waals surface area (Å²) >= 11 is 0. The van der Waals surface area contributed by atoms with Crippen LogP contribution in [0, 0.1) is 0 Å². The standard InChI is InChI=1S/C13H15NO2/c1-2-9-4-3-5-10(6-9)11-7-12(15)14-13(16)8-11/h3-6,11H,2,7-8H2,1H3,(H,14,15,16). The van der Waals surface area contributed by atoms with Crippen molar-refractivity contribution in [1.29, 1.82) is 0 Å². The molecule has 2 amide bonds. The monoisotopic (exact) mass is 217 g/mol. The molecule has 1 aromatic rings. The number of nitrogens with one attached hydrogen (secondary N) is 1. The molecule has 0 radical (unpaired) electrons. The second-order valence-corrected chi connectivity index (χ2v) is 4.18. The van der Waals surface area contributed by atoms with E-state index in [-0.39, 0.29) is 17.7 Å². The maximum atomic E-state index is 11.3. The van der Waals surface area contributed by atoms with Gasteiger partial charge in [-0.2, -0.15) is 0 Å². The van der Waals surface area contributed by atoms with Crippen LogP contribution in [-0.4, -0.2) is 11.8 Å². The number of aryl methyl sites for hydroxylation is 1. The lowest BCUT2D eigenvalue weighted by Crippen LogP contribution is -2.37. The minimum Gasteiger partial charge on any atom is -0.296 e. The van der Waals surface area contributed by atoms with Crippen molar-refractivity contribution >= 4 is 11.8 Å². The van der Waals surface area contributed by atoms with Gasteiger partial charge in [-0.25, -0.2) is 0 Å². The van der Waals surface area contributed by atoms with Crippen molar-refractivity contribution < 1.29 is 9.59 Å². The summed E-state index contributed by atoms with van der Waals surface area (Å²) in [5.41, 5.74) is 2.35. The van der Waals surface area contributed by atoms with Crippen molar-refractivity contribution in [3.05, 3.63) is 35.4 Å². The van der Waals surface area contributed by atoms with Crippen molar-refractivity contribution in [3.63, 3.8) is 0 Å². The van der Waals surface area contributed by atoms with Crippen LogP contribution in [0.2, 0.25) is 0 Å². The Morgan fingerprint density at radius 3 is 2.56 bits per heavy atom. The molecule has 1 aliphatic heterocycles. The van der Waals surface area contributed by atoms with Gasteiger partial charge >= 0.3 is 0 Å². The Morgan fingerprint density at radius 2 is 1.94 bits per heavy atom. The zero-order valence-corrected chi connectivity index (χ0v) is 9.32. The number of imide groups is 1. The van der Waals surface area contributed by atoms with E-state index in [4.69, 9.17) is 0 Å². The summed E-state index contributed by atoms with van der Waals surface area (Å²) in [4.78, 5) is 22.6. The first-order valence-electron chi connectivity index (χ1n) is 5.60. The summed E-state index contributed by atoms with van der Waals surface area (Å²) < 4.78 is 0. The highest BCUT2D eigenvalue weighted by molar-refractivity contribution is 5.98. The maximum absolute atomic E-state index is 11.3. The highest BCUT2D eigenvalue weighted by Crippen LogP contribution is 2.26. The number of hydrogen-bond donors (Lipinski definition) is 1. The molecule has 84 valence electrons. The fourth-order valence-corrected chi connectivity index (χ4v) is 2.08. The number of carbonyl (C=O) groups excluding carboxylic acids is 2. The average molecular weight is 217 g/mol. The van der Waals surface area contributed by atoms with Crippen LogP contribution in [0.15, 0.2) is 24.3 Å². The Kier molecular flexibility index (Phi) is 3.04. The first-order valence-corrected chi connectivity index (χ1v) is 5.60. The number of piperidine rings is 1. The molecule has 0 bridgehead atoms. The van der Waals surface area contributed by atoms with Gasteiger partial charge in [-0.1, -0.05) is 31.2 Å². The van der Waals surface area contributed by atoms with Crippen molar-refractivity contribution in [1.82, 2.24) is 5.32 Å². The lowest BCUT2D eigenvalue weighted by molar-refractivity contribution is -0.133. The Balaban J connectivity index is 2.22. The Hall–Kier alpha value is -1.64. The maximum Gasteiger partial charge on any atom is 0.227 e. The van der Waals surface area contributed by atoms with E-state index in [0.717, 1.165) is 12.0 Å². The minimum atomic E-state index is -0.164. The second-order valence-electron chi connectivity index (χ2n) is 4.18. The Labute approximate surface area is 94.9 Å². The van der Waals surface area contributed by atoms with Crippen molar-refractivity contribution in [3.8, 4) is 0 Å². The zero-order valence-electron chi connectivity index (χ0n) is 9.32. The summed E-state index contributed by atoms with van der Waals surface area (Å²) in [7, 11) is 0. The van der Waals surface area contributed by atoms with Crippen LogP contribution in [0.25, 0.3) is 0 Å². The molecule has 1 N–H and O–H groups in total. The van der Waals surface area contributed by atoms with E-state index in [9.17, 15) is 9.59 Å². The normalized spacial score (nSPS) is 17.3. The van der Waals surface area contributed by atoms with Crippen molar-refractivity contribution in [2.45, 2.75) is 32.1 Å². The first kappa shape index (κ1) is 10.9. The summed E-state index contributed by atoms with van der Waals surface area (Å²) in [5.74, 6) is -0.279. The van der Waals surface area contributed by atoms with E-state index in [1.54, 1.807) is 0 Å². The van der Waals surface area contributed by atoms with Gasteiger partial charge in [0.05, 0.1) is 0 Å². The largest absolute Gasteiger partial charge is 0.296 e. The van der Waals surface area contributed by atoms with E-state index in [2.05, 4.69) is 24.4 Å². The van der Waals surface area contributed by atoms with Crippen LogP contribution in [0.1, 0.15) is 36.8 Å². The SMILES string of the molecule is CCc1cccc(C2CC(=O)NC(=O)C2)c1. The molecule has 0 aromatic heterocycles. The lowest BCUT2D eigenvalue weighted by atomic mass is 9.88. The van der Waals surface area contributed by atoms with Crippen LogP contribution >= 0.6 is 0 Å². The molecule has 0 atom stereocenters. The zero-order chi connectivity index (χ0) is 11.5. The van der Waals surface area contributed by atoms with Crippen LogP contribution in [0.3, 0.4) is 0 Å². The van der Waals surface area contributed by atoms with Gasteiger partial charge in [-0.05, 0) is 17.5 Å². The number of rotatable bonds is 2. The molecule has 3 heteroatoms. The average Bonchev–Trinajstić information content (AvgIpc) is 2.28. The van der Waals surface area contributed by atoms with E-state index >= 15 is 0 Å². The fraction of sp³-hybridized carbons (Fsp3) is 0.385. The predicted octanol–water partition coefficient (Wildman–Crippen LogP) is 1.77. The number of benzene rings is 1. The molecular formula is C13H15NO2. The molecular weight excluding hydrogens is 202 g/mol. The topological polar surface area (TPSA) is 46.2 Å². The lowest BCUT2D eigenvalue weighted by Gasteiger charge is -2.21. The van der Waals surface area contributed by atoms with Gasteiger partial charge in [-0.15, -0.1) is 0 Å². The molecule has 1 aliphatic rings. The third-order valence-corrected chi connectivity index (χ3v) is 2.97. The van der Waals surface area contributed by atoms with Gasteiger partial charge < -0.3 is 0 Å². The summed E-state index contributed by atoms with van der Waals surface area (Å²) in [6.45, 7) is 2.10. The van der Waals surface area contributed by atoms with Gasteiger partial charge in [-0.3, -0.25) is 14.9 Å². The van der Waals surface area contributed by atoms with Crippen LogP contribution in [-0.2, 0) is 16.0 Å². The Bertz CT molecular complexity index is 410. The van der Waals surface area contributed by atoms with Gasteiger partial charge in [0.1, 0.15) is 0 Å². The van der Waals surface area contributed by atoms with Crippen LogP contribution in [0.4, 0.5) is 0 Å². The van der Waals surface area contributed by atoms with Crippen molar-refractivity contribution in [2.24, 2.45) is 0 Å². The van der Waals surface area contributed by atoms with E-state index in [1.165, 1.54) is 5.56 Å². The van der Waals surface area contributed by atoms with Crippen LogP contribution in [0.5, 0.6) is 0 Å². The van der Waals surface area contributed by atoms with E-state index in [1.807, 2.05) is 12.1 Å². The molecule has 2 rings (SSSR count). The highest BCUT2D eigenvalue weighted by Gasteiger charge is 2.25. The first-order chi connectivity index (χ1) is 7.69. The van der Waals surface area contributed by atoms with Gasteiger partial charge in [0.15, 0.2) is 0 Å². The minimum absolute atomic E-state index is 0.0488. The molecule has 0 saturated carbocycles. The third-order valence-electron chi connectivity index (χ3n) is 2.97. The molecule has 0 aliphatic carbocycles. The molecule has 16 heavy (non-hydrogen) atoms. The predicted molar refractivity (Wildman–Crippen MR) is 60.9 cm³/mol. The Morgan fingerprint density at radius 1 is 1.25 bits per heavy atom. The van der Waals surface area contributed by atoms with Gasteiger partial charge in [0.25, 0.3) is 0 Å². The fourth-order valence-electron chi connectivity index (χ4n) is 2.08. The van der Waals surface area contributed by atoms with E-state index < -0.39 is 0 Å². The summed E-state index contributed by atoms with van der Waals surface area (Å²) in [6, 6.07) is 8.14. The van der Waals surface area contributed by atoms with Gasteiger partial charge in [0.2, 0.25) is 11.8 Å². The second kappa shape index (κ2) is 4.47. The van der Waals surface area contributed by atoms with Gasteiger partial charge in [0, 0.05) is 18.8 Å². The van der Waals surface area contributed by atoms with Crippen molar-refractivity contribution in [2.75, 3.05) is 0 Å². The van der Waals surface area contributed by atoms with E-state index in [0.29, 0.717) is 12.8 Å². The number of carbonyl (C=O) groups is 2. The smallest absolute Gasteiger partial charge is 0.227 e. The number of hydrogen-bond acceptors (Lipinski definition) is 2. The molecule has 1 fully saturated rings. The molecule has 1 saturated heterocycles. The highest BCUT2D eigenvalue weighted by atomic mass is 16.2. The summed E-state index contributed by atoms with van der Waals surface area (Å²) in [5, 5.41) is 2.33. The quantitative estimate of drug-likeness (QED) is 0.767. The van der Waals surface area contributed by atoms with Crippen LogP contribution < -0.4 is 5.32 Å². The molecule has 1 heterocycles.